The molecule has 6 nitrogen and oxygen atoms in total. The molecule has 1 saturated carbocycles. The van der Waals surface area contributed by atoms with Gasteiger partial charge in [0, 0.05) is 18.5 Å². The molecule has 1 amide bonds. The molecule has 1 heterocycles. The van der Waals surface area contributed by atoms with Crippen LogP contribution in [0.5, 0.6) is 5.75 Å². The molecular weight excluding hydrogens is 268 g/mol. The van der Waals surface area contributed by atoms with Gasteiger partial charge in [-0.3, -0.25) is 9.89 Å². The Balaban J connectivity index is 1.78. The van der Waals surface area contributed by atoms with Crippen molar-refractivity contribution in [2.75, 3.05) is 7.05 Å². The summed E-state index contributed by atoms with van der Waals surface area (Å²) < 4.78 is 0. The Labute approximate surface area is 122 Å². The van der Waals surface area contributed by atoms with Gasteiger partial charge in [0.05, 0.1) is 6.04 Å². The van der Waals surface area contributed by atoms with Gasteiger partial charge in [-0.1, -0.05) is 18.2 Å². The van der Waals surface area contributed by atoms with Crippen molar-refractivity contribution in [2.24, 2.45) is 0 Å². The number of amides is 1. The Kier molecular flexibility index (Phi) is 3.37. The number of hydrogen-bond donors (Lipinski definition) is 2. The van der Waals surface area contributed by atoms with E-state index in [9.17, 15) is 9.90 Å². The lowest BCUT2D eigenvalue weighted by molar-refractivity contribution is 0.0729. The van der Waals surface area contributed by atoms with E-state index in [4.69, 9.17) is 0 Å². The molecule has 3 rings (SSSR count). The van der Waals surface area contributed by atoms with Crippen LogP contribution in [-0.4, -0.2) is 38.1 Å². The second-order valence-corrected chi connectivity index (χ2v) is 5.47. The number of aromatic nitrogens is 3. The highest BCUT2D eigenvalue weighted by Gasteiger charge is 2.29. The summed E-state index contributed by atoms with van der Waals surface area (Å²) in [6, 6.07) is 6.74. The second-order valence-electron chi connectivity index (χ2n) is 5.47. The Hall–Kier alpha value is -2.37. The number of para-hydroxylation sites is 1. The number of H-pyrrole nitrogens is 1. The predicted octanol–water partition coefficient (Wildman–Crippen LogP) is 2.22. The third-order valence-electron chi connectivity index (χ3n) is 3.95. The van der Waals surface area contributed by atoms with Gasteiger partial charge in [-0.2, -0.15) is 0 Å². The molecule has 2 N–H and O–H groups in total. The van der Waals surface area contributed by atoms with E-state index >= 15 is 0 Å². The average Bonchev–Trinajstić information content (AvgIpc) is 3.23. The van der Waals surface area contributed by atoms with E-state index in [1.165, 1.54) is 4.90 Å². The molecule has 1 aliphatic rings. The van der Waals surface area contributed by atoms with Crippen LogP contribution in [0.4, 0.5) is 0 Å². The van der Waals surface area contributed by atoms with E-state index in [1.807, 2.05) is 13.0 Å². The van der Waals surface area contributed by atoms with Crippen LogP contribution in [0.3, 0.4) is 0 Å². The largest absolute Gasteiger partial charge is 0.508 e. The fourth-order valence-corrected chi connectivity index (χ4v) is 2.29. The molecule has 1 unspecified atom stereocenters. The van der Waals surface area contributed by atoms with Crippen LogP contribution in [0.1, 0.15) is 53.7 Å². The molecule has 2 aromatic rings. The van der Waals surface area contributed by atoms with E-state index in [2.05, 4.69) is 15.2 Å². The van der Waals surface area contributed by atoms with Gasteiger partial charge in [-0.05, 0) is 25.8 Å². The Morgan fingerprint density at radius 1 is 1.43 bits per heavy atom. The number of carbonyl (C=O) groups is 1. The van der Waals surface area contributed by atoms with Gasteiger partial charge >= 0.3 is 0 Å². The van der Waals surface area contributed by atoms with E-state index in [-0.39, 0.29) is 23.5 Å². The molecule has 0 radical (unpaired) electrons. The summed E-state index contributed by atoms with van der Waals surface area (Å²) in [6.07, 6.45) is 2.21. The Bertz CT molecular complexity index is 663. The minimum Gasteiger partial charge on any atom is -0.508 e. The van der Waals surface area contributed by atoms with Crippen molar-refractivity contribution in [3.63, 3.8) is 0 Å². The second kappa shape index (κ2) is 5.20. The average molecular weight is 286 g/mol. The van der Waals surface area contributed by atoms with E-state index in [0.717, 1.165) is 18.7 Å². The van der Waals surface area contributed by atoms with E-state index in [1.54, 1.807) is 25.2 Å². The van der Waals surface area contributed by atoms with Crippen molar-refractivity contribution >= 4 is 5.91 Å². The van der Waals surface area contributed by atoms with Gasteiger partial charge in [-0.15, -0.1) is 5.10 Å². The van der Waals surface area contributed by atoms with E-state index < -0.39 is 0 Å². The van der Waals surface area contributed by atoms with Crippen molar-refractivity contribution in [1.82, 2.24) is 20.1 Å². The molecule has 1 atom stereocenters. The third-order valence-corrected chi connectivity index (χ3v) is 3.95. The summed E-state index contributed by atoms with van der Waals surface area (Å²) in [5, 5.41) is 16.7. The first-order chi connectivity index (χ1) is 10.1. The van der Waals surface area contributed by atoms with Gasteiger partial charge in [0.15, 0.2) is 0 Å². The first-order valence-corrected chi connectivity index (χ1v) is 7.05. The number of phenols is 1. The maximum Gasteiger partial charge on any atom is 0.293 e. The highest BCUT2D eigenvalue weighted by atomic mass is 16.3. The summed E-state index contributed by atoms with van der Waals surface area (Å²) in [6.45, 7) is 1.86. The van der Waals surface area contributed by atoms with Crippen LogP contribution in [0.25, 0.3) is 0 Å². The monoisotopic (exact) mass is 286 g/mol. The number of carbonyl (C=O) groups excluding carboxylic acids is 1. The number of hydrogen-bond acceptors (Lipinski definition) is 4. The van der Waals surface area contributed by atoms with Crippen molar-refractivity contribution in [3.05, 3.63) is 41.5 Å². The quantitative estimate of drug-likeness (QED) is 0.903. The minimum atomic E-state index is -0.262. The van der Waals surface area contributed by atoms with Crippen LogP contribution in [0, 0.1) is 0 Å². The summed E-state index contributed by atoms with van der Waals surface area (Å²) in [5.41, 5.74) is 0.700. The predicted molar refractivity (Wildman–Crippen MR) is 77.0 cm³/mol. The molecule has 21 heavy (non-hydrogen) atoms. The Morgan fingerprint density at radius 3 is 2.81 bits per heavy atom. The number of aromatic hydroxyl groups is 1. The third kappa shape index (κ3) is 2.61. The zero-order valence-corrected chi connectivity index (χ0v) is 12.1. The summed E-state index contributed by atoms with van der Waals surface area (Å²) in [4.78, 5) is 18.2. The van der Waals surface area contributed by atoms with Gasteiger partial charge in [-0.25, -0.2) is 4.98 Å². The lowest BCUT2D eigenvalue weighted by Gasteiger charge is -2.24. The highest BCUT2D eigenvalue weighted by Crippen LogP contribution is 2.37. The molecule has 1 aromatic heterocycles. The van der Waals surface area contributed by atoms with Crippen molar-refractivity contribution < 1.29 is 9.90 Å². The number of aromatic amines is 1. The van der Waals surface area contributed by atoms with Gasteiger partial charge < -0.3 is 10.0 Å². The molecular formula is C15H18N4O2. The fourth-order valence-electron chi connectivity index (χ4n) is 2.29. The first kappa shape index (κ1) is 13.6. The SMILES string of the molecule is CC(c1ccccc1O)N(C)C(=O)c1n[nH]c(C2CC2)n1. The van der Waals surface area contributed by atoms with Crippen LogP contribution in [-0.2, 0) is 0 Å². The maximum absolute atomic E-state index is 12.4. The smallest absolute Gasteiger partial charge is 0.293 e. The molecule has 1 aromatic carbocycles. The normalized spacial score (nSPS) is 15.7. The van der Waals surface area contributed by atoms with Crippen LogP contribution < -0.4 is 0 Å². The van der Waals surface area contributed by atoms with Gasteiger partial charge in [0.1, 0.15) is 11.6 Å². The summed E-state index contributed by atoms with van der Waals surface area (Å²) >= 11 is 0. The molecule has 0 saturated heterocycles. The zero-order chi connectivity index (χ0) is 15.0. The van der Waals surface area contributed by atoms with Gasteiger partial charge in [0.25, 0.3) is 5.91 Å². The zero-order valence-electron chi connectivity index (χ0n) is 12.1. The van der Waals surface area contributed by atoms with Crippen molar-refractivity contribution in [1.29, 1.82) is 0 Å². The molecule has 0 bridgehead atoms. The molecule has 1 fully saturated rings. The lowest BCUT2D eigenvalue weighted by atomic mass is 10.1. The lowest BCUT2D eigenvalue weighted by Crippen LogP contribution is -2.30. The number of nitrogens with one attached hydrogen (secondary N) is 1. The fraction of sp³-hybridized carbons (Fsp3) is 0.400. The summed E-state index contributed by atoms with van der Waals surface area (Å²) in [5.74, 6) is 1.33. The first-order valence-electron chi connectivity index (χ1n) is 7.05. The molecule has 1 aliphatic carbocycles. The van der Waals surface area contributed by atoms with Crippen LogP contribution in [0.2, 0.25) is 0 Å². The number of rotatable bonds is 4. The number of phenolic OH excluding ortho intramolecular Hbond substituents is 1. The highest BCUT2D eigenvalue weighted by molar-refractivity contribution is 5.90. The summed E-state index contributed by atoms with van der Waals surface area (Å²) in [7, 11) is 1.69. The maximum atomic E-state index is 12.4. The van der Waals surface area contributed by atoms with Crippen molar-refractivity contribution in [3.8, 4) is 5.75 Å². The molecule has 0 aliphatic heterocycles. The van der Waals surface area contributed by atoms with E-state index in [0.29, 0.717) is 11.5 Å². The Morgan fingerprint density at radius 2 is 2.14 bits per heavy atom. The van der Waals surface area contributed by atoms with Gasteiger partial charge in [0.2, 0.25) is 5.82 Å². The van der Waals surface area contributed by atoms with Crippen LogP contribution >= 0.6 is 0 Å². The molecule has 0 spiro atoms. The molecule has 110 valence electrons. The van der Waals surface area contributed by atoms with Crippen molar-refractivity contribution in [2.45, 2.75) is 31.7 Å². The number of benzene rings is 1. The number of nitrogens with zero attached hydrogens (tertiary/aromatic N) is 3. The minimum absolute atomic E-state index is 0.179. The topological polar surface area (TPSA) is 82.1 Å². The standard InChI is InChI=1S/C15H18N4O2/c1-9(11-5-3-4-6-12(11)20)19(2)15(21)14-16-13(17-18-14)10-7-8-10/h3-6,9-10,20H,7-8H2,1-2H3,(H,16,17,18). The molecule has 6 heteroatoms. The van der Waals surface area contributed by atoms with Crippen LogP contribution in [0.15, 0.2) is 24.3 Å².